The predicted molar refractivity (Wildman–Crippen MR) is 53.7 cm³/mol. The summed E-state index contributed by atoms with van der Waals surface area (Å²) < 4.78 is 5.88. The summed E-state index contributed by atoms with van der Waals surface area (Å²) in [7, 11) is 0. The SMILES string of the molecule is CC1[C@@H](C)C(c2nccs2)O[C@@H]1C. The third-order valence-electron chi connectivity index (χ3n) is 3.10. The van der Waals surface area contributed by atoms with Gasteiger partial charge in [-0.25, -0.2) is 4.98 Å². The van der Waals surface area contributed by atoms with E-state index in [2.05, 4.69) is 25.8 Å². The van der Waals surface area contributed by atoms with Gasteiger partial charge in [-0.3, -0.25) is 0 Å². The Hall–Kier alpha value is -0.410. The highest BCUT2D eigenvalue weighted by Crippen LogP contribution is 2.42. The molecule has 1 aliphatic heterocycles. The van der Waals surface area contributed by atoms with Crippen LogP contribution in [0.1, 0.15) is 31.9 Å². The maximum absolute atomic E-state index is 5.88. The quantitative estimate of drug-likeness (QED) is 0.690. The van der Waals surface area contributed by atoms with Crippen molar-refractivity contribution in [2.24, 2.45) is 11.8 Å². The average Bonchev–Trinajstić information content (AvgIpc) is 2.70. The zero-order valence-electron chi connectivity index (χ0n) is 8.23. The van der Waals surface area contributed by atoms with Crippen molar-refractivity contribution in [3.05, 3.63) is 16.6 Å². The molecule has 13 heavy (non-hydrogen) atoms. The second-order valence-electron chi connectivity index (χ2n) is 3.85. The van der Waals surface area contributed by atoms with Crippen LogP contribution in [-0.2, 0) is 4.74 Å². The molecule has 1 fully saturated rings. The van der Waals surface area contributed by atoms with Crippen LogP contribution in [0, 0.1) is 11.8 Å². The second-order valence-corrected chi connectivity index (χ2v) is 4.78. The van der Waals surface area contributed by atoms with Crippen LogP contribution in [0.25, 0.3) is 0 Å². The highest BCUT2D eigenvalue weighted by molar-refractivity contribution is 7.09. The normalized spacial score (nSPS) is 39.6. The number of rotatable bonds is 1. The Morgan fingerprint density at radius 2 is 2.08 bits per heavy atom. The zero-order chi connectivity index (χ0) is 9.42. The van der Waals surface area contributed by atoms with Crippen LogP contribution in [0.2, 0.25) is 0 Å². The summed E-state index contributed by atoms with van der Waals surface area (Å²) in [6, 6.07) is 0. The van der Waals surface area contributed by atoms with Crippen molar-refractivity contribution in [1.29, 1.82) is 0 Å². The molecule has 2 unspecified atom stereocenters. The van der Waals surface area contributed by atoms with Crippen LogP contribution in [0.5, 0.6) is 0 Å². The number of nitrogens with zero attached hydrogens (tertiary/aromatic N) is 1. The van der Waals surface area contributed by atoms with E-state index in [0.29, 0.717) is 17.9 Å². The van der Waals surface area contributed by atoms with E-state index in [9.17, 15) is 0 Å². The minimum Gasteiger partial charge on any atom is -0.368 e. The monoisotopic (exact) mass is 197 g/mol. The first-order valence-corrected chi connectivity index (χ1v) is 5.63. The molecule has 2 nitrogen and oxygen atoms in total. The van der Waals surface area contributed by atoms with Gasteiger partial charge in [0.25, 0.3) is 0 Å². The lowest BCUT2D eigenvalue weighted by Crippen LogP contribution is -2.11. The third kappa shape index (κ3) is 1.51. The van der Waals surface area contributed by atoms with Crippen molar-refractivity contribution in [3.8, 4) is 0 Å². The third-order valence-corrected chi connectivity index (χ3v) is 3.94. The molecule has 0 saturated carbocycles. The van der Waals surface area contributed by atoms with Gasteiger partial charge in [-0.05, 0) is 18.8 Å². The van der Waals surface area contributed by atoms with Crippen molar-refractivity contribution >= 4 is 11.3 Å². The van der Waals surface area contributed by atoms with Gasteiger partial charge in [-0.15, -0.1) is 11.3 Å². The molecule has 3 heteroatoms. The first-order chi connectivity index (χ1) is 6.20. The lowest BCUT2D eigenvalue weighted by atomic mass is 9.91. The molecule has 0 N–H and O–H groups in total. The zero-order valence-corrected chi connectivity index (χ0v) is 9.04. The summed E-state index contributed by atoms with van der Waals surface area (Å²) in [5.74, 6) is 1.22. The van der Waals surface area contributed by atoms with Gasteiger partial charge in [0.05, 0.1) is 6.10 Å². The Balaban J connectivity index is 2.19. The molecule has 4 atom stereocenters. The fraction of sp³-hybridized carbons (Fsp3) is 0.700. The van der Waals surface area contributed by atoms with Gasteiger partial charge >= 0.3 is 0 Å². The molecule has 0 bridgehead atoms. The Morgan fingerprint density at radius 3 is 2.54 bits per heavy atom. The van der Waals surface area contributed by atoms with Crippen molar-refractivity contribution in [3.63, 3.8) is 0 Å². The molecule has 0 aliphatic carbocycles. The molecular weight excluding hydrogens is 182 g/mol. The highest BCUT2D eigenvalue weighted by atomic mass is 32.1. The van der Waals surface area contributed by atoms with Crippen LogP contribution in [0.3, 0.4) is 0 Å². The molecule has 1 aromatic heterocycles. The van der Waals surface area contributed by atoms with Gasteiger partial charge < -0.3 is 4.74 Å². The van der Waals surface area contributed by atoms with Crippen molar-refractivity contribution in [2.75, 3.05) is 0 Å². The largest absolute Gasteiger partial charge is 0.368 e. The van der Waals surface area contributed by atoms with Gasteiger partial charge in [0.15, 0.2) is 0 Å². The molecule has 2 rings (SSSR count). The maximum atomic E-state index is 5.88. The van der Waals surface area contributed by atoms with Crippen LogP contribution >= 0.6 is 11.3 Å². The van der Waals surface area contributed by atoms with Gasteiger partial charge in [-0.1, -0.05) is 13.8 Å². The summed E-state index contributed by atoms with van der Waals surface area (Å²) in [4.78, 5) is 4.31. The van der Waals surface area contributed by atoms with E-state index >= 15 is 0 Å². The highest BCUT2D eigenvalue weighted by Gasteiger charge is 2.38. The van der Waals surface area contributed by atoms with Gasteiger partial charge in [0.2, 0.25) is 0 Å². The minimum atomic E-state index is 0.227. The van der Waals surface area contributed by atoms with Crippen molar-refractivity contribution in [1.82, 2.24) is 4.98 Å². The molecule has 72 valence electrons. The molecular formula is C10H15NOS. The second kappa shape index (κ2) is 3.39. The number of hydrogen-bond donors (Lipinski definition) is 0. The van der Waals surface area contributed by atoms with Crippen LogP contribution in [-0.4, -0.2) is 11.1 Å². The van der Waals surface area contributed by atoms with E-state index in [4.69, 9.17) is 4.74 Å². The fourth-order valence-electron chi connectivity index (χ4n) is 1.84. The molecule has 0 amide bonds. The van der Waals surface area contributed by atoms with Gasteiger partial charge in [0.1, 0.15) is 11.1 Å². The first-order valence-electron chi connectivity index (χ1n) is 4.75. The fourth-order valence-corrected chi connectivity index (χ4v) is 2.63. The van der Waals surface area contributed by atoms with Crippen molar-refractivity contribution < 1.29 is 4.74 Å². The Labute approximate surface area is 83.0 Å². The molecule has 1 saturated heterocycles. The first kappa shape index (κ1) is 9.16. The smallest absolute Gasteiger partial charge is 0.122 e. The summed E-state index contributed by atoms with van der Waals surface area (Å²) >= 11 is 1.69. The maximum Gasteiger partial charge on any atom is 0.122 e. The van der Waals surface area contributed by atoms with Gasteiger partial charge in [-0.2, -0.15) is 0 Å². The minimum absolute atomic E-state index is 0.227. The molecule has 1 aromatic rings. The van der Waals surface area contributed by atoms with Crippen molar-refractivity contribution in [2.45, 2.75) is 33.0 Å². The lowest BCUT2D eigenvalue weighted by Gasteiger charge is -2.12. The van der Waals surface area contributed by atoms with Crippen LogP contribution in [0.15, 0.2) is 11.6 Å². The van der Waals surface area contributed by atoms with Crippen LogP contribution in [0.4, 0.5) is 0 Å². The number of ether oxygens (including phenoxy) is 1. The Bertz CT molecular complexity index is 272. The van der Waals surface area contributed by atoms with Gasteiger partial charge in [0, 0.05) is 11.6 Å². The molecule has 0 spiro atoms. The van der Waals surface area contributed by atoms with E-state index in [1.165, 1.54) is 0 Å². The summed E-state index contributed by atoms with van der Waals surface area (Å²) in [5, 5.41) is 3.14. The van der Waals surface area contributed by atoms with E-state index < -0.39 is 0 Å². The molecule has 0 aromatic carbocycles. The Morgan fingerprint density at radius 1 is 1.31 bits per heavy atom. The van der Waals surface area contributed by atoms with E-state index in [-0.39, 0.29) is 6.10 Å². The number of aromatic nitrogens is 1. The Kier molecular flexibility index (Phi) is 2.39. The molecule has 2 heterocycles. The number of hydrogen-bond acceptors (Lipinski definition) is 3. The standard InChI is InChI=1S/C10H15NOS/c1-6-7(2)9(12-8(6)3)10-11-4-5-13-10/h4-9H,1-3H3/t6?,7-,8-,9?/m1/s1. The molecule has 0 radical (unpaired) electrons. The summed E-state index contributed by atoms with van der Waals surface area (Å²) in [5.41, 5.74) is 0. The van der Waals surface area contributed by atoms with Crippen LogP contribution < -0.4 is 0 Å². The molecule has 1 aliphatic rings. The van der Waals surface area contributed by atoms with E-state index in [1.807, 2.05) is 11.6 Å². The summed E-state index contributed by atoms with van der Waals surface area (Å²) in [6.45, 7) is 6.65. The van der Waals surface area contributed by atoms with E-state index in [0.717, 1.165) is 5.01 Å². The number of thiazole rings is 1. The predicted octanol–water partition coefficient (Wildman–Crippen LogP) is 2.88. The lowest BCUT2D eigenvalue weighted by molar-refractivity contribution is 0.0404. The topological polar surface area (TPSA) is 22.1 Å². The average molecular weight is 197 g/mol. The van der Waals surface area contributed by atoms with E-state index in [1.54, 1.807) is 11.3 Å². The summed E-state index contributed by atoms with van der Waals surface area (Å²) in [6.07, 6.45) is 2.44.